The molecule has 3 rings (SSSR count). The summed E-state index contributed by atoms with van der Waals surface area (Å²) in [6.07, 6.45) is 4.52. The van der Waals surface area contributed by atoms with Crippen LogP contribution in [0.2, 0.25) is 0 Å². The molecule has 1 saturated carbocycles. The van der Waals surface area contributed by atoms with Crippen LogP contribution in [0.1, 0.15) is 44.2 Å². The first kappa shape index (κ1) is 19.6. The van der Waals surface area contributed by atoms with E-state index >= 15 is 0 Å². The predicted octanol–water partition coefficient (Wildman–Crippen LogP) is 3.89. The van der Waals surface area contributed by atoms with Crippen molar-refractivity contribution in [2.24, 2.45) is 5.92 Å². The quantitative estimate of drug-likeness (QED) is 0.826. The van der Waals surface area contributed by atoms with E-state index in [-0.39, 0.29) is 18.4 Å². The summed E-state index contributed by atoms with van der Waals surface area (Å²) in [5.74, 6) is 3.24. The Labute approximate surface area is 156 Å². The topological polar surface area (TPSA) is 32.3 Å². The molecule has 2 atom stereocenters. The van der Waals surface area contributed by atoms with Crippen LogP contribution in [-0.2, 0) is 4.79 Å². The Morgan fingerprint density at radius 1 is 1.33 bits per heavy atom. The largest absolute Gasteiger partial charge is 0.336 e. The molecule has 1 aliphatic heterocycles. The van der Waals surface area contributed by atoms with E-state index in [1.54, 1.807) is 0 Å². The molecule has 1 aliphatic carbocycles. The number of carbonyl (C=O) groups is 1. The van der Waals surface area contributed by atoms with Gasteiger partial charge in [0, 0.05) is 37.1 Å². The number of carbonyl (C=O) groups excluding carboxylic acids is 1. The number of hydrogen-bond acceptors (Lipinski definition) is 3. The molecule has 1 amide bonds. The highest BCUT2D eigenvalue weighted by Gasteiger charge is 2.29. The normalized spacial score (nSPS) is 22.1. The Hall–Kier alpha value is -0.710. The summed E-state index contributed by atoms with van der Waals surface area (Å²) < 4.78 is 0. The van der Waals surface area contributed by atoms with Crippen LogP contribution in [0.5, 0.6) is 0 Å². The van der Waals surface area contributed by atoms with Gasteiger partial charge in [-0.2, -0.15) is 11.8 Å². The first-order valence-electron chi connectivity index (χ1n) is 8.89. The van der Waals surface area contributed by atoms with E-state index in [1.165, 1.54) is 24.8 Å². The van der Waals surface area contributed by atoms with E-state index < -0.39 is 0 Å². The van der Waals surface area contributed by atoms with Crippen molar-refractivity contribution in [3.8, 4) is 0 Å². The molecule has 0 bridgehead atoms. The molecule has 0 aromatic heterocycles. The molecule has 134 valence electrons. The molecule has 2 fully saturated rings. The molecule has 2 aliphatic rings. The third kappa shape index (κ3) is 5.14. The summed E-state index contributed by atoms with van der Waals surface area (Å²) >= 11 is 1.96. The van der Waals surface area contributed by atoms with Crippen LogP contribution in [0.3, 0.4) is 0 Å². The minimum Gasteiger partial charge on any atom is -0.336 e. The average Bonchev–Trinajstić information content (AvgIpc) is 2.55. The van der Waals surface area contributed by atoms with Gasteiger partial charge in [0.15, 0.2) is 0 Å². The van der Waals surface area contributed by atoms with Crippen LogP contribution in [0.25, 0.3) is 0 Å². The van der Waals surface area contributed by atoms with E-state index in [9.17, 15) is 4.79 Å². The zero-order valence-electron chi connectivity index (χ0n) is 14.4. The first-order chi connectivity index (χ1) is 11.2. The number of halogens is 1. The third-order valence-corrected chi connectivity index (χ3v) is 6.30. The van der Waals surface area contributed by atoms with Crippen molar-refractivity contribution in [2.75, 3.05) is 24.6 Å². The summed E-state index contributed by atoms with van der Waals surface area (Å²) in [7, 11) is 0. The van der Waals surface area contributed by atoms with Gasteiger partial charge >= 0.3 is 0 Å². The van der Waals surface area contributed by atoms with Crippen LogP contribution in [0.15, 0.2) is 30.3 Å². The summed E-state index contributed by atoms with van der Waals surface area (Å²) in [5.41, 5.74) is 1.24. The SMILES string of the molecule is CC(c1ccccc1)N(CC1CCC1)C(=O)CC1CSCCN1.Cl. The maximum Gasteiger partial charge on any atom is 0.224 e. The molecule has 1 aromatic carbocycles. The standard InChI is InChI=1S/C19H28N2OS.ClH/c1-15(17-8-3-2-4-9-17)21(13-16-6-5-7-16)19(22)12-18-14-23-11-10-20-18;/h2-4,8-9,15-16,18,20H,5-7,10-14H2,1H3;1H. The zero-order valence-corrected chi connectivity index (χ0v) is 16.1. The number of nitrogens with zero attached hydrogens (tertiary/aromatic N) is 1. The maximum absolute atomic E-state index is 13.0. The lowest BCUT2D eigenvalue weighted by atomic mass is 9.84. The van der Waals surface area contributed by atoms with Crippen molar-refractivity contribution >= 4 is 30.1 Å². The Morgan fingerprint density at radius 3 is 2.67 bits per heavy atom. The van der Waals surface area contributed by atoms with E-state index in [4.69, 9.17) is 0 Å². The zero-order chi connectivity index (χ0) is 16.1. The van der Waals surface area contributed by atoms with E-state index in [1.807, 2.05) is 17.8 Å². The van der Waals surface area contributed by atoms with Crippen LogP contribution >= 0.6 is 24.2 Å². The van der Waals surface area contributed by atoms with Crippen molar-refractivity contribution in [3.63, 3.8) is 0 Å². The molecule has 3 nitrogen and oxygen atoms in total. The molecular weight excluding hydrogens is 340 g/mol. The lowest BCUT2D eigenvalue weighted by molar-refractivity contribution is -0.135. The van der Waals surface area contributed by atoms with Gasteiger partial charge in [-0.05, 0) is 31.2 Å². The third-order valence-electron chi connectivity index (χ3n) is 5.17. The molecule has 1 N–H and O–H groups in total. The lowest BCUT2D eigenvalue weighted by Crippen LogP contribution is -2.45. The molecule has 24 heavy (non-hydrogen) atoms. The molecule has 0 radical (unpaired) electrons. The molecule has 1 aromatic rings. The van der Waals surface area contributed by atoms with Gasteiger partial charge in [-0.15, -0.1) is 12.4 Å². The lowest BCUT2D eigenvalue weighted by Gasteiger charge is -2.37. The van der Waals surface area contributed by atoms with Crippen LogP contribution < -0.4 is 5.32 Å². The van der Waals surface area contributed by atoms with Gasteiger partial charge in [0.25, 0.3) is 0 Å². The minimum atomic E-state index is 0. The number of benzene rings is 1. The first-order valence-corrected chi connectivity index (χ1v) is 10.0. The van der Waals surface area contributed by atoms with Crippen molar-refractivity contribution in [1.29, 1.82) is 0 Å². The number of nitrogens with one attached hydrogen (secondary N) is 1. The number of amides is 1. The number of rotatable bonds is 6. The van der Waals surface area contributed by atoms with Crippen molar-refractivity contribution in [3.05, 3.63) is 35.9 Å². The van der Waals surface area contributed by atoms with Gasteiger partial charge in [-0.3, -0.25) is 4.79 Å². The van der Waals surface area contributed by atoms with Gasteiger partial charge in [0.05, 0.1) is 6.04 Å². The van der Waals surface area contributed by atoms with E-state index in [0.717, 1.165) is 24.6 Å². The fourth-order valence-corrected chi connectivity index (χ4v) is 4.37. The summed E-state index contributed by atoms with van der Waals surface area (Å²) in [6, 6.07) is 11.0. The van der Waals surface area contributed by atoms with E-state index in [0.29, 0.717) is 24.3 Å². The predicted molar refractivity (Wildman–Crippen MR) is 105 cm³/mol. The highest BCUT2D eigenvalue weighted by molar-refractivity contribution is 7.99. The fourth-order valence-electron chi connectivity index (χ4n) is 3.42. The number of hydrogen-bond donors (Lipinski definition) is 1. The molecular formula is C19H29ClN2OS. The molecule has 0 spiro atoms. The average molecular weight is 369 g/mol. The molecule has 5 heteroatoms. The van der Waals surface area contributed by atoms with Crippen LogP contribution in [0.4, 0.5) is 0 Å². The van der Waals surface area contributed by atoms with Gasteiger partial charge < -0.3 is 10.2 Å². The molecule has 2 unspecified atom stereocenters. The smallest absolute Gasteiger partial charge is 0.224 e. The van der Waals surface area contributed by atoms with Crippen molar-refractivity contribution in [2.45, 2.75) is 44.7 Å². The van der Waals surface area contributed by atoms with Crippen LogP contribution in [-0.4, -0.2) is 41.4 Å². The monoisotopic (exact) mass is 368 g/mol. The van der Waals surface area contributed by atoms with Gasteiger partial charge in [-0.25, -0.2) is 0 Å². The van der Waals surface area contributed by atoms with Gasteiger partial charge in [0.2, 0.25) is 5.91 Å². The Bertz CT molecular complexity index is 503. The van der Waals surface area contributed by atoms with Gasteiger partial charge in [0.1, 0.15) is 0 Å². The Balaban J connectivity index is 0.00000208. The molecule has 1 heterocycles. The van der Waals surface area contributed by atoms with Crippen molar-refractivity contribution in [1.82, 2.24) is 10.2 Å². The highest BCUT2D eigenvalue weighted by Crippen LogP contribution is 2.31. The Kier molecular flexibility index (Phi) is 7.92. The fraction of sp³-hybridized carbons (Fsp3) is 0.632. The second-order valence-corrected chi connectivity index (χ2v) is 8.01. The van der Waals surface area contributed by atoms with E-state index in [2.05, 4.69) is 41.4 Å². The maximum atomic E-state index is 13.0. The highest BCUT2D eigenvalue weighted by atomic mass is 35.5. The summed E-state index contributed by atoms with van der Waals surface area (Å²) in [5, 5.41) is 3.50. The number of thioether (sulfide) groups is 1. The van der Waals surface area contributed by atoms with Crippen molar-refractivity contribution < 1.29 is 4.79 Å². The minimum absolute atomic E-state index is 0. The van der Waals surface area contributed by atoms with Gasteiger partial charge in [-0.1, -0.05) is 36.8 Å². The second kappa shape index (κ2) is 9.69. The Morgan fingerprint density at radius 2 is 2.08 bits per heavy atom. The summed E-state index contributed by atoms with van der Waals surface area (Å²) in [4.78, 5) is 15.1. The summed E-state index contributed by atoms with van der Waals surface area (Å²) in [6.45, 7) is 4.13. The second-order valence-electron chi connectivity index (χ2n) is 6.86. The molecule has 1 saturated heterocycles. The van der Waals surface area contributed by atoms with Crippen LogP contribution in [0, 0.1) is 5.92 Å².